The molecule has 1 aromatic heterocycles. The molecule has 1 atom stereocenters. The Balaban J connectivity index is 1.69. The molecule has 3 rings (SSSR count). The third kappa shape index (κ3) is 3.72. The van der Waals surface area contributed by atoms with Crippen LogP contribution in [0.5, 0.6) is 11.5 Å². The molecule has 1 N–H and O–H groups in total. The van der Waals surface area contributed by atoms with Crippen LogP contribution >= 0.6 is 0 Å². The van der Waals surface area contributed by atoms with Crippen LogP contribution < -0.4 is 14.8 Å². The van der Waals surface area contributed by atoms with Gasteiger partial charge in [-0.1, -0.05) is 6.07 Å². The summed E-state index contributed by atoms with van der Waals surface area (Å²) in [7, 11) is 1.63. The second-order valence-electron chi connectivity index (χ2n) is 6.11. The molecule has 1 fully saturated rings. The molecule has 1 heterocycles. The Bertz CT molecular complexity index is 675. The first-order chi connectivity index (χ1) is 11.7. The summed E-state index contributed by atoms with van der Waals surface area (Å²) in [5, 5.41) is 2.91. The minimum absolute atomic E-state index is 0.169. The third-order valence-electron chi connectivity index (χ3n) is 4.38. The highest BCUT2D eigenvalue weighted by atomic mass is 16.5. The molecule has 0 saturated heterocycles. The van der Waals surface area contributed by atoms with E-state index in [1.165, 1.54) is 19.1 Å². The Labute approximate surface area is 141 Å². The fourth-order valence-electron chi connectivity index (χ4n) is 3.00. The predicted molar refractivity (Wildman–Crippen MR) is 90.5 cm³/mol. The summed E-state index contributed by atoms with van der Waals surface area (Å²) in [4.78, 5) is 12.1. The zero-order chi connectivity index (χ0) is 16.9. The largest absolute Gasteiger partial charge is 0.493 e. The Morgan fingerprint density at radius 1 is 1.25 bits per heavy atom. The number of methoxy groups -OCH3 is 1. The molecule has 1 amide bonds. The number of furan rings is 1. The van der Waals surface area contributed by atoms with Crippen LogP contribution in [0.25, 0.3) is 0 Å². The van der Waals surface area contributed by atoms with Crippen molar-refractivity contribution >= 4 is 5.91 Å². The van der Waals surface area contributed by atoms with Gasteiger partial charge < -0.3 is 19.2 Å². The van der Waals surface area contributed by atoms with Gasteiger partial charge in [-0.15, -0.1) is 0 Å². The molecular weight excluding hydrogens is 306 g/mol. The molecule has 5 heteroatoms. The number of carbonyl (C=O) groups is 1. The van der Waals surface area contributed by atoms with Crippen molar-refractivity contribution in [1.82, 2.24) is 5.32 Å². The lowest BCUT2D eigenvalue weighted by Crippen LogP contribution is -2.26. The van der Waals surface area contributed by atoms with Gasteiger partial charge in [-0.25, -0.2) is 0 Å². The number of hydrogen-bond donors (Lipinski definition) is 1. The molecule has 2 aromatic rings. The fraction of sp³-hybridized carbons (Fsp3) is 0.421. The maximum absolute atomic E-state index is 12.1. The number of hydrogen-bond acceptors (Lipinski definition) is 4. The van der Waals surface area contributed by atoms with Gasteiger partial charge in [0.2, 0.25) is 0 Å². The second-order valence-corrected chi connectivity index (χ2v) is 6.11. The summed E-state index contributed by atoms with van der Waals surface area (Å²) in [5.74, 6) is 1.52. The van der Waals surface area contributed by atoms with E-state index in [-0.39, 0.29) is 18.1 Å². The Morgan fingerprint density at radius 3 is 2.71 bits per heavy atom. The Kier molecular flexibility index (Phi) is 5.08. The van der Waals surface area contributed by atoms with E-state index in [1.54, 1.807) is 19.2 Å². The van der Waals surface area contributed by atoms with E-state index in [4.69, 9.17) is 13.9 Å². The molecule has 0 unspecified atom stereocenters. The number of benzene rings is 1. The van der Waals surface area contributed by atoms with Crippen molar-refractivity contribution in [3.63, 3.8) is 0 Å². The van der Waals surface area contributed by atoms with Crippen LogP contribution in [0, 0.1) is 0 Å². The van der Waals surface area contributed by atoms with Gasteiger partial charge in [-0.05, 0) is 62.4 Å². The highest BCUT2D eigenvalue weighted by molar-refractivity contribution is 5.91. The van der Waals surface area contributed by atoms with Crippen LogP contribution in [0.2, 0.25) is 0 Å². The van der Waals surface area contributed by atoms with E-state index in [2.05, 4.69) is 5.32 Å². The quantitative estimate of drug-likeness (QED) is 0.867. The molecule has 1 saturated carbocycles. The highest BCUT2D eigenvalue weighted by Gasteiger charge is 2.20. The molecule has 128 valence electrons. The van der Waals surface area contributed by atoms with Gasteiger partial charge in [-0.3, -0.25) is 4.79 Å². The first kappa shape index (κ1) is 16.4. The highest BCUT2D eigenvalue weighted by Crippen LogP contribution is 2.33. The molecular formula is C19H23NO4. The zero-order valence-electron chi connectivity index (χ0n) is 14.1. The molecule has 0 spiro atoms. The van der Waals surface area contributed by atoms with Crippen LogP contribution in [0.3, 0.4) is 0 Å². The van der Waals surface area contributed by atoms with Gasteiger partial charge in [0.1, 0.15) is 0 Å². The lowest BCUT2D eigenvalue weighted by Gasteiger charge is -2.19. The summed E-state index contributed by atoms with van der Waals surface area (Å²) in [6.07, 6.45) is 6.40. The first-order valence-electron chi connectivity index (χ1n) is 8.36. The van der Waals surface area contributed by atoms with E-state index >= 15 is 0 Å². The van der Waals surface area contributed by atoms with Crippen LogP contribution in [-0.2, 0) is 0 Å². The van der Waals surface area contributed by atoms with E-state index in [9.17, 15) is 4.79 Å². The number of carbonyl (C=O) groups excluding carboxylic acids is 1. The molecule has 0 bridgehead atoms. The smallest absolute Gasteiger partial charge is 0.287 e. The maximum atomic E-state index is 12.1. The van der Waals surface area contributed by atoms with Crippen LogP contribution in [0.15, 0.2) is 41.0 Å². The van der Waals surface area contributed by atoms with Gasteiger partial charge in [0.25, 0.3) is 5.91 Å². The average Bonchev–Trinajstić information content (AvgIpc) is 3.28. The van der Waals surface area contributed by atoms with Crippen molar-refractivity contribution in [3.8, 4) is 11.5 Å². The van der Waals surface area contributed by atoms with Crippen LogP contribution in [0.4, 0.5) is 0 Å². The minimum atomic E-state index is -0.238. The number of rotatable bonds is 6. The van der Waals surface area contributed by atoms with E-state index in [1.807, 2.05) is 25.1 Å². The Morgan fingerprint density at radius 2 is 2.04 bits per heavy atom. The summed E-state index contributed by atoms with van der Waals surface area (Å²) in [6, 6.07) is 8.95. The van der Waals surface area contributed by atoms with Crippen molar-refractivity contribution in [2.45, 2.75) is 44.8 Å². The van der Waals surface area contributed by atoms with E-state index in [0.717, 1.165) is 24.2 Å². The van der Waals surface area contributed by atoms with Crippen LogP contribution in [-0.4, -0.2) is 19.1 Å². The molecule has 24 heavy (non-hydrogen) atoms. The monoisotopic (exact) mass is 329 g/mol. The molecule has 1 aliphatic carbocycles. The normalized spacial score (nSPS) is 15.9. The maximum Gasteiger partial charge on any atom is 0.287 e. The van der Waals surface area contributed by atoms with Crippen molar-refractivity contribution < 1.29 is 18.7 Å². The van der Waals surface area contributed by atoms with Gasteiger partial charge in [-0.2, -0.15) is 0 Å². The minimum Gasteiger partial charge on any atom is -0.493 e. The van der Waals surface area contributed by atoms with Crippen molar-refractivity contribution in [3.05, 3.63) is 47.9 Å². The van der Waals surface area contributed by atoms with E-state index in [0.29, 0.717) is 11.5 Å². The van der Waals surface area contributed by atoms with Crippen molar-refractivity contribution in [1.29, 1.82) is 0 Å². The van der Waals surface area contributed by atoms with Gasteiger partial charge in [0.05, 0.1) is 25.5 Å². The van der Waals surface area contributed by atoms with Crippen molar-refractivity contribution in [2.75, 3.05) is 7.11 Å². The van der Waals surface area contributed by atoms with Crippen molar-refractivity contribution in [2.24, 2.45) is 0 Å². The number of ether oxygens (including phenoxy) is 2. The Hall–Kier alpha value is -2.43. The summed E-state index contributed by atoms with van der Waals surface area (Å²) in [6.45, 7) is 1.92. The summed E-state index contributed by atoms with van der Waals surface area (Å²) in [5.41, 5.74) is 0.950. The zero-order valence-corrected chi connectivity index (χ0v) is 14.1. The molecule has 1 aliphatic rings. The number of nitrogens with one attached hydrogen (secondary N) is 1. The lowest BCUT2D eigenvalue weighted by molar-refractivity contribution is 0.0912. The SMILES string of the molecule is COc1cc([C@H](C)NC(=O)c2ccco2)ccc1OC1CCCC1. The molecule has 0 aliphatic heterocycles. The summed E-state index contributed by atoms with van der Waals surface area (Å²) < 4.78 is 16.6. The average molecular weight is 329 g/mol. The number of amides is 1. The van der Waals surface area contributed by atoms with Crippen LogP contribution in [0.1, 0.15) is 54.8 Å². The first-order valence-corrected chi connectivity index (χ1v) is 8.36. The molecule has 1 aromatic carbocycles. The molecule has 5 nitrogen and oxygen atoms in total. The second kappa shape index (κ2) is 7.43. The lowest BCUT2D eigenvalue weighted by atomic mass is 10.1. The third-order valence-corrected chi connectivity index (χ3v) is 4.38. The fourth-order valence-corrected chi connectivity index (χ4v) is 3.00. The van der Waals surface area contributed by atoms with Gasteiger partial charge >= 0.3 is 0 Å². The van der Waals surface area contributed by atoms with Gasteiger partial charge in [0, 0.05) is 0 Å². The topological polar surface area (TPSA) is 60.7 Å². The van der Waals surface area contributed by atoms with E-state index < -0.39 is 0 Å². The molecule has 0 radical (unpaired) electrons. The van der Waals surface area contributed by atoms with Gasteiger partial charge in [0.15, 0.2) is 17.3 Å². The predicted octanol–water partition coefficient (Wildman–Crippen LogP) is 4.10. The summed E-state index contributed by atoms with van der Waals surface area (Å²) >= 11 is 0. The standard InChI is InChI=1S/C19H23NO4/c1-13(20-19(21)17-8-5-11-23-17)14-9-10-16(18(12-14)22-2)24-15-6-3-4-7-15/h5,8-13,15H,3-4,6-7H2,1-2H3,(H,20,21)/t13-/m0/s1.